The first-order valence-electron chi connectivity index (χ1n) is 3.40. The van der Waals surface area contributed by atoms with Crippen LogP contribution < -0.4 is 5.32 Å². The lowest BCUT2D eigenvalue weighted by atomic mass is 9.80. The Morgan fingerprint density at radius 3 is 2.00 bits per heavy atom. The average Bonchev–Trinajstić information content (AvgIpc) is 1.60. The number of rotatable bonds is 1. The normalized spacial score (nSPS) is 37.5. The van der Waals surface area contributed by atoms with E-state index in [9.17, 15) is 0 Å². The molecule has 0 amide bonds. The lowest BCUT2D eigenvalue weighted by molar-refractivity contribution is 0.163. The van der Waals surface area contributed by atoms with E-state index < -0.39 is 0 Å². The Balaban J connectivity index is 2.41. The van der Waals surface area contributed by atoms with Gasteiger partial charge in [-0.3, -0.25) is 0 Å². The molecule has 1 aliphatic heterocycles. The zero-order valence-electron chi connectivity index (χ0n) is 5.99. The molecular weight excluding hydrogens is 98.1 g/mol. The van der Waals surface area contributed by atoms with Crippen LogP contribution in [0, 0.1) is 5.92 Å². The fourth-order valence-corrected chi connectivity index (χ4v) is 1.01. The molecule has 1 fully saturated rings. The molecule has 1 rings (SSSR count). The highest BCUT2D eigenvalue weighted by Gasteiger charge is 2.33. The summed E-state index contributed by atoms with van der Waals surface area (Å²) < 4.78 is 0. The van der Waals surface area contributed by atoms with Gasteiger partial charge in [0.15, 0.2) is 0 Å². The van der Waals surface area contributed by atoms with Crippen LogP contribution in [0.4, 0.5) is 0 Å². The highest BCUT2D eigenvalue weighted by Crippen LogP contribution is 2.26. The molecule has 48 valence electrons. The van der Waals surface area contributed by atoms with Crippen molar-refractivity contribution in [1.29, 1.82) is 0 Å². The van der Waals surface area contributed by atoms with Gasteiger partial charge in [0, 0.05) is 5.54 Å². The molecule has 0 spiro atoms. The second kappa shape index (κ2) is 1.73. The van der Waals surface area contributed by atoms with Crippen molar-refractivity contribution in [3.05, 3.63) is 0 Å². The molecule has 1 heteroatoms. The molecule has 1 nitrogen and oxygen atoms in total. The van der Waals surface area contributed by atoms with Gasteiger partial charge in [0.2, 0.25) is 0 Å². The number of hydrogen-bond donors (Lipinski definition) is 1. The standard InChI is InChI=1S/C7H15N/c1-6(2)7(3)4-5-8-7/h6,8H,4-5H2,1-3H3/t7-/m0/s1. The molecule has 0 saturated carbocycles. The van der Waals surface area contributed by atoms with E-state index in [1.807, 2.05) is 0 Å². The summed E-state index contributed by atoms with van der Waals surface area (Å²) in [6, 6.07) is 0. The Morgan fingerprint density at radius 2 is 2.00 bits per heavy atom. The minimum atomic E-state index is 0.472. The van der Waals surface area contributed by atoms with Crippen molar-refractivity contribution in [1.82, 2.24) is 5.32 Å². The van der Waals surface area contributed by atoms with E-state index in [2.05, 4.69) is 26.1 Å². The van der Waals surface area contributed by atoms with Gasteiger partial charge < -0.3 is 5.32 Å². The van der Waals surface area contributed by atoms with Gasteiger partial charge in [-0.1, -0.05) is 13.8 Å². The Bertz CT molecular complexity index is 82.4. The van der Waals surface area contributed by atoms with E-state index in [1.165, 1.54) is 13.0 Å². The van der Waals surface area contributed by atoms with Gasteiger partial charge in [-0.05, 0) is 25.8 Å². The van der Waals surface area contributed by atoms with Crippen molar-refractivity contribution in [2.45, 2.75) is 32.7 Å². The second-order valence-electron chi connectivity index (χ2n) is 3.25. The van der Waals surface area contributed by atoms with Crippen molar-refractivity contribution >= 4 is 0 Å². The van der Waals surface area contributed by atoms with Gasteiger partial charge >= 0.3 is 0 Å². The first-order valence-corrected chi connectivity index (χ1v) is 3.40. The quantitative estimate of drug-likeness (QED) is 0.542. The molecule has 8 heavy (non-hydrogen) atoms. The maximum Gasteiger partial charge on any atom is 0.0188 e. The molecule has 0 aliphatic carbocycles. The fourth-order valence-electron chi connectivity index (χ4n) is 1.01. The molecule has 0 bridgehead atoms. The van der Waals surface area contributed by atoms with Crippen LogP contribution in [0.2, 0.25) is 0 Å². The summed E-state index contributed by atoms with van der Waals surface area (Å²) in [4.78, 5) is 0. The van der Waals surface area contributed by atoms with Gasteiger partial charge in [0.25, 0.3) is 0 Å². The Labute approximate surface area is 51.5 Å². The van der Waals surface area contributed by atoms with E-state index in [0.29, 0.717) is 5.54 Å². The first-order chi connectivity index (χ1) is 3.65. The SMILES string of the molecule is CC(C)[C@]1(C)CCN1. The third-order valence-corrected chi connectivity index (χ3v) is 2.45. The Kier molecular flexibility index (Phi) is 1.31. The summed E-state index contributed by atoms with van der Waals surface area (Å²) >= 11 is 0. The minimum Gasteiger partial charge on any atom is -0.311 e. The molecule has 1 N–H and O–H groups in total. The first kappa shape index (κ1) is 6.09. The molecule has 0 aromatic carbocycles. The van der Waals surface area contributed by atoms with Gasteiger partial charge in [-0.15, -0.1) is 0 Å². The summed E-state index contributed by atoms with van der Waals surface area (Å²) in [5.74, 6) is 0.788. The van der Waals surface area contributed by atoms with E-state index in [1.54, 1.807) is 0 Å². The van der Waals surface area contributed by atoms with Crippen LogP contribution in [0.15, 0.2) is 0 Å². The third-order valence-electron chi connectivity index (χ3n) is 2.45. The van der Waals surface area contributed by atoms with E-state index >= 15 is 0 Å². The predicted molar refractivity (Wildman–Crippen MR) is 35.9 cm³/mol. The highest BCUT2D eigenvalue weighted by atomic mass is 15.0. The molecule has 0 radical (unpaired) electrons. The van der Waals surface area contributed by atoms with Gasteiger partial charge in [0.05, 0.1) is 0 Å². The zero-order chi connectivity index (χ0) is 6.20. The van der Waals surface area contributed by atoms with Gasteiger partial charge in [-0.25, -0.2) is 0 Å². The average molecular weight is 113 g/mol. The van der Waals surface area contributed by atoms with Crippen LogP contribution in [0.25, 0.3) is 0 Å². The topological polar surface area (TPSA) is 12.0 Å². The summed E-state index contributed by atoms with van der Waals surface area (Å²) in [7, 11) is 0. The van der Waals surface area contributed by atoms with Crippen molar-refractivity contribution in [2.75, 3.05) is 6.54 Å². The largest absolute Gasteiger partial charge is 0.311 e. The van der Waals surface area contributed by atoms with Crippen LogP contribution >= 0.6 is 0 Å². The van der Waals surface area contributed by atoms with Crippen LogP contribution in [0.1, 0.15) is 27.2 Å². The highest BCUT2D eigenvalue weighted by molar-refractivity contribution is 4.94. The van der Waals surface area contributed by atoms with E-state index in [0.717, 1.165) is 5.92 Å². The molecule has 0 aromatic rings. The summed E-state index contributed by atoms with van der Waals surface area (Å²) in [6.07, 6.45) is 1.35. The second-order valence-corrected chi connectivity index (χ2v) is 3.25. The van der Waals surface area contributed by atoms with Crippen LogP contribution in [-0.4, -0.2) is 12.1 Å². The summed E-state index contributed by atoms with van der Waals surface area (Å²) in [5.41, 5.74) is 0.472. The molecule has 1 aliphatic rings. The van der Waals surface area contributed by atoms with Gasteiger partial charge in [-0.2, -0.15) is 0 Å². The van der Waals surface area contributed by atoms with Crippen LogP contribution in [0.3, 0.4) is 0 Å². The Morgan fingerprint density at radius 1 is 1.50 bits per heavy atom. The van der Waals surface area contributed by atoms with Crippen molar-refractivity contribution in [3.63, 3.8) is 0 Å². The minimum absolute atomic E-state index is 0.472. The van der Waals surface area contributed by atoms with E-state index in [4.69, 9.17) is 0 Å². The summed E-state index contributed by atoms with van der Waals surface area (Å²) in [6.45, 7) is 8.05. The van der Waals surface area contributed by atoms with Crippen molar-refractivity contribution in [3.8, 4) is 0 Å². The maximum atomic E-state index is 3.42. The molecule has 1 saturated heterocycles. The van der Waals surface area contributed by atoms with Gasteiger partial charge in [0.1, 0.15) is 0 Å². The van der Waals surface area contributed by atoms with Crippen molar-refractivity contribution in [2.24, 2.45) is 5.92 Å². The lowest BCUT2D eigenvalue weighted by Crippen LogP contribution is -2.57. The molecule has 0 unspecified atom stereocenters. The third kappa shape index (κ3) is 0.752. The smallest absolute Gasteiger partial charge is 0.0188 e. The maximum absolute atomic E-state index is 3.42. The van der Waals surface area contributed by atoms with Crippen molar-refractivity contribution < 1.29 is 0 Å². The van der Waals surface area contributed by atoms with E-state index in [-0.39, 0.29) is 0 Å². The summed E-state index contributed by atoms with van der Waals surface area (Å²) in [5, 5.41) is 3.42. The monoisotopic (exact) mass is 113 g/mol. The molecule has 1 heterocycles. The number of nitrogens with one attached hydrogen (secondary N) is 1. The van der Waals surface area contributed by atoms with Crippen LogP contribution in [-0.2, 0) is 0 Å². The lowest BCUT2D eigenvalue weighted by Gasteiger charge is -2.43. The molecular formula is C7H15N. The zero-order valence-corrected chi connectivity index (χ0v) is 5.99. The number of hydrogen-bond acceptors (Lipinski definition) is 1. The fraction of sp³-hybridized carbons (Fsp3) is 1.00. The molecule has 1 atom stereocenters. The molecule has 0 aromatic heterocycles. The van der Waals surface area contributed by atoms with Crippen LogP contribution in [0.5, 0.6) is 0 Å². The predicted octanol–water partition coefficient (Wildman–Crippen LogP) is 1.39. The Hall–Kier alpha value is -0.0400.